The summed E-state index contributed by atoms with van der Waals surface area (Å²) >= 11 is 1.41. The molecule has 0 aromatic carbocycles. The van der Waals surface area contributed by atoms with E-state index in [-0.39, 0.29) is 0 Å². The zero-order valence-corrected chi connectivity index (χ0v) is 7.77. The van der Waals surface area contributed by atoms with Crippen molar-refractivity contribution in [3.63, 3.8) is 0 Å². The third kappa shape index (κ3) is 1.53. The van der Waals surface area contributed by atoms with Crippen molar-refractivity contribution in [2.45, 2.75) is 5.16 Å². The van der Waals surface area contributed by atoms with Crippen LogP contribution in [0.1, 0.15) is 0 Å². The smallest absolute Gasteiger partial charge is 0.191 e. The van der Waals surface area contributed by atoms with Gasteiger partial charge >= 0.3 is 0 Å². The molecule has 0 amide bonds. The molecule has 0 aliphatic rings. The van der Waals surface area contributed by atoms with Crippen LogP contribution >= 0.6 is 11.8 Å². The summed E-state index contributed by atoms with van der Waals surface area (Å²) in [7, 11) is 1.73. The fourth-order valence-electron chi connectivity index (χ4n) is 0.822. The molecular weight excluding hydrogens is 174 g/mol. The Balaban J connectivity index is 3.18. The molecule has 1 aromatic heterocycles. The highest BCUT2D eigenvalue weighted by atomic mass is 32.2. The minimum Gasteiger partial charge on any atom is -0.382 e. The fraction of sp³-hybridized carbons (Fsp3) is 0.333. The number of anilines is 3. The molecule has 0 aliphatic carbocycles. The highest BCUT2D eigenvalue weighted by Gasteiger charge is 2.06. The molecule has 6 heteroatoms. The number of aromatic nitrogens is 2. The molecule has 0 radical (unpaired) electrons. The van der Waals surface area contributed by atoms with E-state index in [1.54, 1.807) is 7.05 Å². The molecule has 0 bridgehead atoms. The Bertz CT molecular complexity index is 264. The van der Waals surface area contributed by atoms with Gasteiger partial charge in [0.1, 0.15) is 5.69 Å². The lowest BCUT2D eigenvalue weighted by atomic mass is 10.4. The van der Waals surface area contributed by atoms with Crippen molar-refractivity contribution in [3.8, 4) is 0 Å². The van der Waals surface area contributed by atoms with Gasteiger partial charge in [0.05, 0.1) is 0 Å². The minimum atomic E-state index is 0.384. The standard InChI is InChI=1S/C6H11N5S/c1-9-3-4(7)10-6(12-2)11-5(3)8/h9H,1-2H3,(H4,7,8,10,11). The maximum Gasteiger partial charge on any atom is 0.191 e. The Morgan fingerprint density at radius 1 is 1.25 bits per heavy atom. The summed E-state index contributed by atoms with van der Waals surface area (Å²) in [6, 6.07) is 0. The van der Waals surface area contributed by atoms with Gasteiger partial charge < -0.3 is 16.8 Å². The highest BCUT2D eigenvalue weighted by molar-refractivity contribution is 7.98. The summed E-state index contributed by atoms with van der Waals surface area (Å²) in [6.07, 6.45) is 1.87. The summed E-state index contributed by atoms with van der Waals surface area (Å²) in [5.74, 6) is 0.767. The van der Waals surface area contributed by atoms with Gasteiger partial charge in [0.2, 0.25) is 0 Å². The van der Waals surface area contributed by atoms with Crippen molar-refractivity contribution in [2.75, 3.05) is 30.1 Å². The van der Waals surface area contributed by atoms with E-state index < -0.39 is 0 Å². The molecule has 0 saturated heterocycles. The first-order chi connectivity index (χ1) is 5.69. The Morgan fingerprint density at radius 3 is 2.08 bits per heavy atom. The van der Waals surface area contributed by atoms with Crippen LogP contribution in [0.4, 0.5) is 17.3 Å². The topological polar surface area (TPSA) is 89.8 Å². The summed E-state index contributed by atoms with van der Waals surface area (Å²) in [5.41, 5.74) is 11.8. The normalized spacial score (nSPS) is 9.83. The molecule has 1 aromatic rings. The van der Waals surface area contributed by atoms with E-state index in [1.165, 1.54) is 11.8 Å². The van der Waals surface area contributed by atoms with Crippen molar-refractivity contribution >= 4 is 29.1 Å². The van der Waals surface area contributed by atoms with E-state index in [4.69, 9.17) is 11.5 Å². The fourth-order valence-corrected chi connectivity index (χ4v) is 1.20. The van der Waals surface area contributed by atoms with Crippen LogP contribution in [0.15, 0.2) is 5.16 Å². The average molecular weight is 185 g/mol. The SMILES string of the molecule is CNc1c(N)nc(SC)nc1N. The van der Waals surface area contributed by atoms with E-state index in [0.717, 1.165) is 0 Å². The van der Waals surface area contributed by atoms with Crippen LogP contribution in [0.25, 0.3) is 0 Å². The molecule has 12 heavy (non-hydrogen) atoms. The molecule has 5 N–H and O–H groups in total. The van der Waals surface area contributed by atoms with E-state index in [0.29, 0.717) is 22.5 Å². The zero-order chi connectivity index (χ0) is 9.14. The second kappa shape index (κ2) is 3.48. The van der Waals surface area contributed by atoms with E-state index in [1.807, 2.05) is 6.26 Å². The zero-order valence-electron chi connectivity index (χ0n) is 6.96. The monoisotopic (exact) mass is 185 g/mol. The van der Waals surface area contributed by atoms with E-state index in [2.05, 4.69) is 15.3 Å². The first-order valence-electron chi connectivity index (χ1n) is 3.33. The van der Waals surface area contributed by atoms with Crippen LogP contribution < -0.4 is 16.8 Å². The van der Waals surface area contributed by atoms with Gasteiger partial charge in [-0.3, -0.25) is 0 Å². The molecule has 0 atom stereocenters. The third-order valence-electron chi connectivity index (χ3n) is 1.38. The quantitative estimate of drug-likeness (QED) is 0.456. The summed E-state index contributed by atoms with van der Waals surface area (Å²) < 4.78 is 0. The number of nitrogens with two attached hydrogens (primary N) is 2. The lowest BCUT2D eigenvalue weighted by Crippen LogP contribution is -2.06. The molecule has 1 rings (SSSR count). The molecule has 66 valence electrons. The Hall–Kier alpha value is -1.17. The largest absolute Gasteiger partial charge is 0.382 e. The second-order valence-corrected chi connectivity index (χ2v) is 2.88. The van der Waals surface area contributed by atoms with E-state index in [9.17, 15) is 0 Å². The predicted octanol–water partition coefficient (Wildman–Crippen LogP) is 0.405. The number of thioether (sulfide) groups is 1. The number of rotatable bonds is 2. The summed E-state index contributed by atoms with van der Waals surface area (Å²) in [5, 5.41) is 3.42. The number of nitrogens with zero attached hydrogens (tertiary/aromatic N) is 2. The first kappa shape index (κ1) is 8.92. The Morgan fingerprint density at radius 2 is 1.75 bits per heavy atom. The van der Waals surface area contributed by atoms with Gasteiger partial charge in [-0.2, -0.15) is 0 Å². The average Bonchev–Trinajstić information content (AvgIpc) is 2.03. The van der Waals surface area contributed by atoms with Gasteiger partial charge in [0, 0.05) is 7.05 Å². The first-order valence-corrected chi connectivity index (χ1v) is 4.56. The van der Waals surface area contributed by atoms with Crippen molar-refractivity contribution in [1.29, 1.82) is 0 Å². The van der Waals surface area contributed by atoms with Gasteiger partial charge in [-0.15, -0.1) is 0 Å². The van der Waals surface area contributed by atoms with Crippen LogP contribution in [0, 0.1) is 0 Å². The maximum atomic E-state index is 5.60. The molecule has 0 fully saturated rings. The number of nitrogens with one attached hydrogen (secondary N) is 1. The lowest BCUT2D eigenvalue weighted by molar-refractivity contribution is 0.989. The van der Waals surface area contributed by atoms with Crippen molar-refractivity contribution < 1.29 is 0 Å². The van der Waals surface area contributed by atoms with Crippen LogP contribution in [0.5, 0.6) is 0 Å². The highest BCUT2D eigenvalue weighted by Crippen LogP contribution is 2.24. The van der Waals surface area contributed by atoms with E-state index >= 15 is 0 Å². The minimum absolute atomic E-state index is 0.384. The molecule has 0 unspecified atom stereocenters. The molecule has 1 heterocycles. The lowest BCUT2D eigenvalue weighted by Gasteiger charge is -2.07. The molecule has 5 nitrogen and oxygen atoms in total. The molecular formula is C6H11N5S. The molecule has 0 spiro atoms. The summed E-state index contributed by atoms with van der Waals surface area (Å²) in [6.45, 7) is 0. The van der Waals surface area contributed by atoms with Gasteiger partial charge in [0.25, 0.3) is 0 Å². The van der Waals surface area contributed by atoms with Crippen LogP contribution in [0.3, 0.4) is 0 Å². The van der Waals surface area contributed by atoms with Crippen LogP contribution in [-0.4, -0.2) is 23.3 Å². The Kier molecular flexibility index (Phi) is 2.59. The van der Waals surface area contributed by atoms with Crippen LogP contribution in [-0.2, 0) is 0 Å². The van der Waals surface area contributed by atoms with Crippen molar-refractivity contribution in [2.24, 2.45) is 0 Å². The second-order valence-electron chi connectivity index (χ2n) is 2.11. The van der Waals surface area contributed by atoms with Crippen molar-refractivity contribution in [1.82, 2.24) is 9.97 Å². The van der Waals surface area contributed by atoms with Gasteiger partial charge in [-0.25, -0.2) is 9.97 Å². The van der Waals surface area contributed by atoms with Gasteiger partial charge in [-0.1, -0.05) is 11.8 Å². The third-order valence-corrected chi connectivity index (χ3v) is 1.92. The summed E-state index contributed by atoms with van der Waals surface area (Å²) in [4.78, 5) is 8.02. The van der Waals surface area contributed by atoms with Gasteiger partial charge in [-0.05, 0) is 6.26 Å². The molecule has 0 saturated carbocycles. The molecule has 0 aliphatic heterocycles. The number of nitrogen functional groups attached to an aromatic ring is 2. The predicted molar refractivity (Wildman–Crippen MR) is 52.2 cm³/mol. The van der Waals surface area contributed by atoms with Gasteiger partial charge in [0.15, 0.2) is 16.8 Å². The maximum absolute atomic E-state index is 5.60. The number of hydrogen-bond donors (Lipinski definition) is 3. The van der Waals surface area contributed by atoms with Crippen molar-refractivity contribution in [3.05, 3.63) is 0 Å². The number of hydrogen-bond acceptors (Lipinski definition) is 6. The van der Waals surface area contributed by atoms with Crippen LogP contribution in [0.2, 0.25) is 0 Å². The Labute approximate surface area is 75.0 Å².